The lowest BCUT2D eigenvalue weighted by Crippen LogP contribution is -2.17. The van der Waals surface area contributed by atoms with E-state index < -0.39 is 5.82 Å². The van der Waals surface area contributed by atoms with E-state index in [9.17, 15) is 9.18 Å². The van der Waals surface area contributed by atoms with Crippen molar-refractivity contribution in [3.8, 4) is 11.5 Å². The maximum Gasteiger partial charge on any atom is 0.274 e. The molecule has 0 radical (unpaired) electrons. The number of nitrogens with zero attached hydrogens (tertiary/aromatic N) is 2. The molecule has 6 nitrogen and oxygen atoms in total. The maximum absolute atomic E-state index is 13.7. The molecule has 0 saturated heterocycles. The minimum atomic E-state index is -0.436. The second-order valence-electron chi connectivity index (χ2n) is 5.75. The number of aromatic nitrogens is 2. The van der Waals surface area contributed by atoms with E-state index in [2.05, 4.69) is 10.3 Å². The highest BCUT2D eigenvalue weighted by Crippen LogP contribution is 2.29. The van der Waals surface area contributed by atoms with E-state index in [1.165, 1.54) is 23.8 Å². The van der Waals surface area contributed by atoms with Crippen molar-refractivity contribution in [1.29, 1.82) is 0 Å². The molecule has 0 bridgehead atoms. The zero-order chi connectivity index (χ0) is 18.7. The molecule has 0 spiro atoms. The number of methoxy groups -OCH3 is 2. The van der Waals surface area contributed by atoms with Crippen molar-refractivity contribution in [3.05, 3.63) is 53.7 Å². The lowest BCUT2D eigenvalue weighted by Gasteiger charge is -2.12. The van der Waals surface area contributed by atoms with E-state index in [-0.39, 0.29) is 5.91 Å². The molecule has 0 saturated carbocycles. The van der Waals surface area contributed by atoms with Crippen LogP contribution in [0.5, 0.6) is 11.5 Å². The molecule has 136 valence electrons. The van der Waals surface area contributed by atoms with E-state index >= 15 is 0 Å². The monoisotopic (exact) mass is 357 g/mol. The summed E-state index contributed by atoms with van der Waals surface area (Å²) in [6.07, 6.45) is 2.70. The Morgan fingerprint density at radius 1 is 1.23 bits per heavy atom. The number of benzene rings is 1. The van der Waals surface area contributed by atoms with Gasteiger partial charge in [0.25, 0.3) is 5.91 Å². The summed E-state index contributed by atoms with van der Waals surface area (Å²) < 4.78 is 25.6. The molecule has 0 aliphatic heterocycles. The van der Waals surface area contributed by atoms with Gasteiger partial charge in [0.2, 0.25) is 0 Å². The Bertz CT molecular complexity index is 953. The van der Waals surface area contributed by atoms with Crippen LogP contribution in [-0.2, 0) is 6.42 Å². The fourth-order valence-electron chi connectivity index (χ4n) is 2.80. The molecular formula is C19H20FN3O3. The zero-order valence-corrected chi connectivity index (χ0v) is 14.9. The molecule has 7 heteroatoms. The molecular weight excluding hydrogens is 337 g/mol. The van der Waals surface area contributed by atoms with Gasteiger partial charge in [-0.3, -0.25) is 9.20 Å². The van der Waals surface area contributed by atoms with Gasteiger partial charge in [-0.15, -0.1) is 0 Å². The third-order valence-corrected chi connectivity index (χ3v) is 4.01. The predicted molar refractivity (Wildman–Crippen MR) is 96.6 cm³/mol. The van der Waals surface area contributed by atoms with Crippen LogP contribution in [0, 0.1) is 5.82 Å². The van der Waals surface area contributed by atoms with E-state index in [1.54, 1.807) is 31.4 Å². The molecule has 3 aromatic rings. The maximum atomic E-state index is 13.7. The van der Waals surface area contributed by atoms with E-state index in [1.807, 2.05) is 6.92 Å². The van der Waals surface area contributed by atoms with Crippen LogP contribution in [0.25, 0.3) is 5.65 Å². The number of rotatable bonds is 6. The summed E-state index contributed by atoms with van der Waals surface area (Å²) in [5.74, 6) is 0.266. The second-order valence-corrected chi connectivity index (χ2v) is 5.75. The summed E-state index contributed by atoms with van der Waals surface area (Å²) >= 11 is 0. The van der Waals surface area contributed by atoms with E-state index in [4.69, 9.17) is 9.47 Å². The molecule has 3 rings (SSSR count). The number of halogens is 1. The minimum absolute atomic E-state index is 0.319. The van der Waals surface area contributed by atoms with Crippen molar-refractivity contribution in [2.75, 3.05) is 19.5 Å². The normalized spacial score (nSPS) is 10.8. The summed E-state index contributed by atoms with van der Waals surface area (Å²) in [7, 11) is 3.06. The van der Waals surface area contributed by atoms with E-state index in [0.29, 0.717) is 40.6 Å². The molecule has 26 heavy (non-hydrogen) atoms. The summed E-state index contributed by atoms with van der Waals surface area (Å²) in [6.45, 7) is 2.00. The molecule has 0 atom stereocenters. The smallest absolute Gasteiger partial charge is 0.274 e. The van der Waals surface area contributed by atoms with Gasteiger partial charge in [0.05, 0.1) is 25.6 Å². The Hall–Kier alpha value is -3.09. The first kappa shape index (κ1) is 17.7. The summed E-state index contributed by atoms with van der Waals surface area (Å²) in [4.78, 5) is 17.4. The number of anilines is 1. The first-order valence-corrected chi connectivity index (χ1v) is 8.27. The van der Waals surface area contributed by atoms with Gasteiger partial charge in [-0.05, 0) is 30.7 Å². The Morgan fingerprint density at radius 3 is 2.73 bits per heavy atom. The van der Waals surface area contributed by atoms with Crippen molar-refractivity contribution < 1.29 is 18.7 Å². The van der Waals surface area contributed by atoms with Crippen LogP contribution in [0.4, 0.5) is 10.1 Å². The number of ether oxygens (including phenoxy) is 2. The molecule has 0 unspecified atom stereocenters. The van der Waals surface area contributed by atoms with Gasteiger partial charge in [-0.25, -0.2) is 9.37 Å². The number of fused-ring (bicyclic) bond motifs is 1. The lowest BCUT2D eigenvalue weighted by atomic mass is 10.2. The quantitative estimate of drug-likeness (QED) is 0.731. The van der Waals surface area contributed by atoms with Gasteiger partial charge < -0.3 is 14.8 Å². The average Bonchev–Trinajstić information content (AvgIpc) is 2.99. The van der Waals surface area contributed by atoms with E-state index in [0.717, 1.165) is 6.42 Å². The number of hydrogen-bond acceptors (Lipinski definition) is 4. The van der Waals surface area contributed by atoms with Gasteiger partial charge in [-0.1, -0.05) is 13.3 Å². The number of aryl methyl sites for hydroxylation is 1. The van der Waals surface area contributed by atoms with Crippen LogP contribution in [0.3, 0.4) is 0 Å². The lowest BCUT2D eigenvalue weighted by molar-refractivity contribution is 0.102. The number of carbonyl (C=O) groups is 1. The van der Waals surface area contributed by atoms with Crippen LogP contribution in [0.1, 0.15) is 29.5 Å². The summed E-state index contributed by atoms with van der Waals surface area (Å²) in [5.41, 5.74) is 1.97. The van der Waals surface area contributed by atoms with Crippen LogP contribution < -0.4 is 14.8 Å². The molecule has 2 aromatic heterocycles. The van der Waals surface area contributed by atoms with Crippen LogP contribution in [0.15, 0.2) is 36.5 Å². The Labute approximate surface area is 150 Å². The van der Waals surface area contributed by atoms with Crippen LogP contribution in [-0.4, -0.2) is 29.5 Å². The Balaban J connectivity index is 2.02. The van der Waals surface area contributed by atoms with Crippen molar-refractivity contribution in [2.24, 2.45) is 0 Å². The fraction of sp³-hybridized carbons (Fsp3) is 0.263. The zero-order valence-electron chi connectivity index (χ0n) is 14.9. The van der Waals surface area contributed by atoms with Gasteiger partial charge in [0.15, 0.2) is 0 Å². The Kier molecular flexibility index (Phi) is 5.06. The number of hydrogen-bond donors (Lipinski definition) is 1. The highest BCUT2D eigenvalue weighted by molar-refractivity contribution is 6.05. The molecule has 1 N–H and O–H groups in total. The first-order valence-electron chi connectivity index (χ1n) is 8.27. The third-order valence-electron chi connectivity index (χ3n) is 4.01. The fourth-order valence-corrected chi connectivity index (χ4v) is 2.80. The number of nitrogens with one attached hydrogen (secondary N) is 1. The summed E-state index contributed by atoms with van der Waals surface area (Å²) in [5, 5.41) is 2.82. The van der Waals surface area contributed by atoms with Crippen molar-refractivity contribution in [2.45, 2.75) is 19.8 Å². The standard InChI is InChI=1S/C19H20FN3O3/c1-4-5-15-18(23-11-12(20)6-9-17(23)21-15)19(24)22-14-8-7-13(25-2)10-16(14)26-3/h6-11H,4-5H2,1-3H3,(H,22,24). The molecule has 0 aliphatic rings. The molecule has 2 heterocycles. The Morgan fingerprint density at radius 2 is 2.04 bits per heavy atom. The van der Waals surface area contributed by atoms with Crippen molar-refractivity contribution >= 4 is 17.2 Å². The number of pyridine rings is 1. The average molecular weight is 357 g/mol. The third kappa shape index (κ3) is 3.33. The largest absolute Gasteiger partial charge is 0.497 e. The molecule has 1 amide bonds. The number of amides is 1. The molecule has 0 aliphatic carbocycles. The topological polar surface area (TPSA) is 64.9 Å². The SMILES string of the molecule is CCCc1nc2ccc(F)cn2c1C(=O)Nc1ccc(OC)cc1OC. The predicted octanol–water partition coefficient (Wildman–Crippen LogP) is 3.70. The van der Waals surface area contributed by atoms with Crippen LogP contribution >= 0.6 is 0 Å². The first-order chi connectivity index (χ1) is 12.6. The van der Waals surface area contributed by atoms with Gasteiger partial charge in [-0.2, -0.15) is 0 Å². The van der Waals surface area contributed by atoms with Crippen molar-refractivity contribution in [3.63, 3.8) is 0 Å². The van der Waals surface area contributed by atoms with Gasteiger partial charge in [0.1, 0.15) is 28.7 Å². The second kappa shape index (κ2) is 7.43. The van der Waals surface area contributed by atoms with Gasteiger partial charge >= 0.3 is 0 Å². The van der Waals surface area contributed by atoms with Crippen molar-refractivity contribution in [1.82, 2.24) is 9.38 Å². The minimum Gasteiger partial charge on any atom is -0.497 e. The molecule has 1 aromatic carbocycles. The highest BCUT2D eigenvalue weighted by atomic mass is 19.1. The number of carbonyl (C=O) groups excluding carboxylic acids is 1. The molecule has 0 fully saturated rings. The summed E-state index contributed by atoms with van der Waals surface area (Å²) in [6, 6.07) is 7.97. The number of imidazole rings is 1. The highest BCUT2D eigenvalue weighted by Gasteiger charge is 2.20. The van der Waals surface area contributed by atoms with Gasteiger partial charge in [0, 0.05) is 12.3 Å². The van der Waals surface area contributed by atoms with Crippen LogP contribution in [0.2, 0.25) is 0 Å².